The van der Waals surface area contributed by atoms with Gasteiger partial charge in [0.15, 0.2) is 11.5 Å². The Morgan fingerprint density at radius 2 is 1.48 bits per heavy atom. The second-order valence-electron chi connectivity index (χ2n) is 11.0. The summed E-state index contributed by atoms with van der Waals surface area (Å²) in [5.74, 6) is 0.632. The van der Waals surface area contributed by atoms with Gasteiger partial charge in [0.1, 0.15) is 6.54 Å². The van der Waals surface area contributed by atoms with Gasteiger partial charge in [-0.05, 0) is 91.1 Å². The van der Waals surface area contributed by atoms with E-state index in [0.717, 1.165) is 21.3 Å². The lowest BCUT2D eigenvalue weighted by atomic mass is 10.1. The molecule has 0 aliphatic rings. The number of aromatic nitrogens is 2. The van der Waals surface area contributed by atoms with Gasteiger partial charge >= 0.3 is 5.69 Å². The van der Waals surface area contributed by atoms with E-state index in [1.54, 1.807) is 62.8 Å². The average Bonchev–Trinajstić information content (AvgIpc) is 3.06. The molecule has 0 radical (unpaired) electrons. The van der Waals surface area contributed by atoms with Crippen LogP contribution in [-0.4, -0.2) is 41.7 Å². The van der Waals surface area contributed by atoms with Crippen molar-refractivity contribution in [1.82, 2.24) is 14.5 Å². The summed E-state index contributed by atoms with van der Waals surface area (Å²) in [4.78, 5) is 52.9. The number of rotatable bonds is 11. The van der Waals surface area contributed by atoms with Gasteiger partial charge in [-0.25, -0.2) is 4.79 Å². The van der Waals surface area contributed by atoms with Crippen LogP contribution in [0.3, 0.4) is 0 Å². The van der Waals surface area contributed by atoms with E-state index in [1.165, 1.54) is 4.57 Å². The van der Waals surface area contributed by atoms with Crippen LogP contribution in [-0.2, 0) is 24.3 Å². The lowest BCUT2D eigenvalue weighted by Gasteiger charge is -2.15. The van der Waals surface area contributed by atoms with Crippen molar-refractivity contribution in [3.63, 3.8) is 0 Å². The van der Waals surface area contributed by atoms with Gasteiger partial charge < -0.3 is 20.1 Å². The first-order chi connectivity index (χ1) is 22.2. The molecule has 0 aliphatic carbocycles. The van der Waals surface area contributed by atoms with Gasteiger partial charge in [0.25, 0.3) is 11.5 Å². The lowest BCUT2D eigenvalue weighted by Crippen LogP contribution is -2.42. The fourth-order valence-corrected chi connectivity index (χ4v) is 5.23. The molecule has 0 aliphatic heterocycles. The number of aryl methyl sites for hydroxylation is 2. The Morgan fingerprint density at radius 1 is 0.761 bits per heavy atom. The molecular formula is C36H36N4O6. The number of hydrogen-bond donors (Lipinski definition) is 2. The van der Waals surface area contributed by atoms with Gasteiger partial charge in [-0.3, -0.25) is 23.5 Å². The molecule has 0 saturated carbocycles. The van der Waals surface area contributed by atoms with Gasteiger partial charge in [0, 0.05) is 17.8 Å². The average molecular weight is 621 g/mol. The third-order valence-corrected chi connectivity index (χ3v) is 7.93. The third-order valence-electron chi connectivity index (χ3n) is 7.93. The molecular weight excluding hydrogens is 584 g/mol. The number of fused-ring (bicyclic) bond motifs is 1. The highest BCUT2D eigenvalue weighted by molar-refractivity contribution is 5.94. The van der Waals surface area contributed by atoms with E-state index in [0.29, 0.717) is 52.2 Å². The topological polar surface area (TPSA) is 121 Å². The van der Waals surface area contributed by atoms with Crippen molar-refractivity contribution in [1.29, 1.82) is 0 Å². The number of para-hydroxylation sites is 1. The standard InChI is InChI=1S/C36H36N4O6/c1-23-9-15-28(19-24(23)2)38-33(41)22-39-30-8-6-5-7-29(30)35(43)40(36(39)44)21-26-10-13-27(14-11-26)34(42)37-18-17-25-12-16-31(45-3)32(20-25)46-4/h5-16,19-20H,17-18,21-22H2,1-4H3,(H,37,42)(H,38,41). The van der Waals surface area contributed by atoms with E-state index in [4.69, 9.17) is 9.47 Å². The maximum Gasteiger partial charge on any atom is 0.332 e. The number of ether oxygens (including phenoxy) is 2. The number of hydrogen-bond acceptors (Lipinski definition) is 6. The summed E-state index contributed by atoms with van der Waals surface area (Å²) < 4.78 is 13.0. The van der Waals surface area contributed by atoms with Crippen molar-refractivity contribution in [3.8, 4) is 11.5 Å². The number of nitrogens with zero attached hydrogens (tertiary/aromatic N) is 2. The minimum Gasteiger partial charge on any atom is -0.493 e. The predicted molar refractivity (Wildman–Crippen MR) is 178 cm³/mol. The summed E-state index contributed by atoms with van der Waals surface area (Å²) in [5, 5.41) is 6.09. The molecule has 4 aromatic carbocycles. The Morgan fingerprint density at radius 3 is 2.20 bits per heavy atom. The molecule has 0 atom stereocenters. The molecule has 2 N–H and O–H groups in total. The van der Waals surface area contributed by atoms with Crippen LogP contribution in [0.25, 0.3) is 10.9 Å². The second kappa shape index (κ2) is 14.0. The molecule has 0 unspecified atom stereocenters. The monoisotopic (exact) mass is 620 g/mol. The lowest BCUT2D eigenvalue weighted by molar-refractivity contribution is -0.116. The fourth-order valence-electron chi connectivity index (χ4n) is 5.23. The number of methoxy groups -OCH3 is 2. The van der Waals surface area contributed by atoms with Crippen molar-refractivity contribution in [2.24, 2.45) is 0 Å². The molecule has 236 valence electrons. The van der Waals surface area contributed by atoms with Crippen molar-refractivity contribution in [2.45, 2.75) is 33.4 Å². The quantitative estimate of drug-likeness (QED) is 0.225. The first kappa shape index (κ1) is 31.8. The van der Waals surface area contributed by atoms with Gasteiger partial charge in [-0.1, -0.05) is 36.4 Å². The van der Waals surface area contributed by atoms with Gasteiger partial charge in [0.05, 0.1) is 31.7 Å². The number of anilines is 1. The van der Waals surface area contributed by atoms with Crippen LogP contribution >= 0.6 is 0 Å². The Labute approximate surface area is 266 Å². The second-order valence-corrected chi connectivity index (χ2v) is 11.0. The van der Waals surface area contributed by atoms with Gasteiger partial charge in [0.2, 0.25) is 5.91 Å². The van der Waals surface area contributed by atoms with E-state index in [1.807, 2.05) is 50.2 Å². The summed E-state index contributed by atoms with van der Waals surface area (Å²) >= 11 is 0. The molecule has 0 bridgehead atoms. The zero-order chi connectivity index (χ0) is 32.8. The van der Waals surface area contributed by atoms with E-state index >= 15 is 0 Å². The molecule has 10 nitrogen and oxygen atoms in total. The van der Waals surface area contributed by atoms with Gasteiger partial charge in [-0.2, -0.15) is 0 Å². The van der Waals surface area contributed by atoms with Crippen LogP contribution in [0.4, 0.5) is 5.69 Å². The normalized spacial score (nSPS) is 10.9. The summed E-state index contributed by atoms with van der Waals surface area (Å²) in [6, 6.07) is 24.7. The van der Waals surface area contributed by atoms with E-state index in [9.17, 15) is 19.2 Å². The zero-order valence-electron chi connectivity index (χ0n) is 26.3. The highest BCUT2D eigenvalue weighted by atomic mass is 16.5. The Kier molecular flexibility index (Phi) is 9.66. The molecule has 2 amide bonds. The van der Waals surface area contributed by atoms with E-state index < -0.39 is 11.2 Å². The highest BCUT2D eigenvalue weighted by Gasteiger charge is 2.16. The minimum atomic E-state index is -0.601. The maximum absolute atomic E-state index is 13.6. The molecule has 5 aromatic rings. The summed E-state index contributed by atoms with van der Waals surface area (Å²) in [7, 11) is 3.15. The molecule has 0 spiro atoms. The molecule has 1 heterocycles. The van der Waals surface area contributed by atoms with Crippen molar-refractivity contribution in [2.75, 3.05) is 26.1 Å². The highest BCUT2D eigenvalue weighted by Crippen LogP contribution is 2.27. The first-order valence-corrected chi connectivity index (χ1v) is 14.9. The van der Waals surface area contributed by atoms with E-state index in [-0.39, 0.29) is 24.9 Å². The van der Waals surface area contributed by atoms with Crippen molar-refractivity contribution >= 4 is 28.4 Å². The number of benzene rings is 4. The summed E-state index contributed by atoms with van der Waals surface area (Å²) in [6.07, 6.45) is 0.601. The largest absolute Gasteiger partial charge is 0.493 e. The Hall–Kier alpha value is -5.64. The predicted octanol–water partition coefficient (Wildman–Crippen LogP) is 4.46. The SMILES string of the molecule is COc1ccc(CCNC(=O)c2ccc(Cn3c(=O)c4ccccc4n(CC(=O)Nc4ccc(C)c(C)c4)c3=O)cc2)cc1OC. The molecule has 0 fully saturated rings. The number of nitrogens with one attached hydrogen (secondary N) is 2. The van der Waals surface area contributed by atoms with Crippen LogP contribution in [0.1, 0.15) is 32.6 Å². The van der Waals surface area contributed by atoms with Crippen LogP contribution in [0.2, 0.25) is 0 Å². The molecule has 10 heteroatoms. The van der Waals surface area contributed by atoms with Crippen LogP contribution in [0, 0.1) is 13.8 Å². The number of amides is 2. The molecule has 5 rings (SSSR count). The Bertz CT molecular complexity index is 2030. The van der Waals surface area contributed by atoms with Crippen molar-refractivity contribution < 1.29 is 19.1 Å². The van der Waals surface area contributed by atoms with Gasteiger partial charge in [-0.15, -0.1) is 0 Å². The number of carbonyl (C=O) groups excluding carboxylic acids is 2. The molecule has 0 saturated heterocycles. The zero-order valence-corrected chi connectivity index (χ0v) is 26.3. The summed E-state index contributed by atoms with van der Waals surface area (Å²) in [6.45, 7) is 4.07. The third kappa shape index (κ3) is 7.02. The van der Waals surface area contributed by atoms with E-state index in [2.05, 4.69) is 10.6 Å². The fraction of sp³-hybridized carbons (Fsp3) is 0.222. The van der Waals surface area contributed by atoms with Crippen molar-refractivity contribution in [3.05, 3.63) is 134 Å². The maximum atomic E-state index is 13.6. The molecule has 1 aromatic heterocycles. The van der Waals surface area contributed by atoms with Crippen LogP contribution < -0.4 is 31.4 Å². The number of carbonyl (C=O) groups is 2. The Balaban J connectivity index is 1.30. The molecule has 46 heavy (non-hydrogen) atoms. The minimum absolute atomic E-state index is 0.0253. The van der Waals surface area contributed by atoms with Crippen LogP contribution in [0.15, 0.2) is 94.5 Å². The summed E-state index contributed by atoms with van der Waals surface area (Å²) in [5.41, 5.74) is 4.18. The smallest absolute Gasteiger partial charge is 0.332 e. The van der Waals surface area contributed by atoms with Crippen LogP contribution in [0.5, 0.6) is 11.5 Å². The first-order valence-electron chi connectivity index (χ1n) is 14.9.